The molecule has 0 bridgehead atoms. The molecule has 17 heavy (non-hydrogen) atoms. The van der Waals surface area contributed by atoms with Crippen LogP contribution in [0.5, 0.6) is 5.75 Å². The highest BCUT2D eigenvalue weighted by atomic mass is 16.5. The van der Waals surface area contributed by atoms with Crippen LogP contribution in [0.2, 0.25) is 0 Å². The fraction of sp³-hybridized carbons (Fsp3) is 0.600. The molecule has 1 N–H and O–H groups in total. The molecule has 0 heterocycles. The van der Waals surface area contributed by atoms with Crippen molar-refractivity contribution < 1.29 is 9.84 Å². The van der Waals surface area contributed by atoms with Crippen LogP contribution in [0.25, 0.3) is 0 Å². The predicted molar refractivity (Wildman–Crippen MR) is 71.2 cm³/mol. The summed E-state index contributed by atoms with van der Waals surface area (Å²) in [6.45, 7) is 8.23. The lowest BCUT2D eigenvalue weighted by Crippen LogP contribution is -2.10. The molecule has 0 amide bonds. The van der Waals surface area contributed by atoms with Crippen molar-refractivity contribution in [2.24, 2.45) is 5.92 Å². The Morgan fingerprint density at radius 1 is 1.24 bits per heavy atom. The molecule has 0 saturated carbocycles. The van der Waals surface area contributed by atoms with Gasteiger partial charge in [0, 0.05) is 0 Å². The third-order valence-electron chi connectivity index (χ3n) is 2.85. The molecule has 2 nitrogen and oxygen atoms in total. The van der Waals surface area contributed by atoms with Crippen LogP contribution in [-0.2, 0) is 0 Å². The first-order valence-corrected chi connectivity index (χ1v) is 6.49. The standard InChI is InChI=1S/C15H24O2/c1-5-7-12(4)15(16)13-8-6-9-14(10-13)17-11(2)3/h6,8-12,15-16H,5,7H2,1-4H3. The molecule has 1 rings (SSSR count). The molecular weight excluding hydrogens is 212 g/mol. The summed E-state index contributed by atoms with van der Waals surface area (Å²) in [5, 5.41) is 10.2. The first-order chi connectivity index (χ1) is 8.04. The molecule has 0 radical (unpaired) electrons. The molecule has 0 aromatic heterocycles. The van der Waals surface area contributed by atoms with E-state index in [0.717, 1.165) is 24.2 Å². The van der Waals surface area contributed by atoms with E-state index in [9.17, 15) is 5.11 Å². The fourth-order valence-corrected chi connectivity index (χ4v) is 1.99. The molecule has 1 aromatic carbocycles. The SMILES string of the molecule is CCCC(C)C(O)c1cccc(OC(C)C)c1. The van der Waals surface area contributed by atoms with E-state index in [-0.39, 0.29) is 12.0 Å². The summed E-state index contributed by atoms with van der Waals surface area (Å²) in [4.78, 5) is 0. The molecule has 96 valence electrons. The molecule has 2 heteroatoms. The van der Waals surface area contributed by atoms with Gasteiger partial charge in [0.05, 0.1) is 12.2 Å². The third-order valence-corrected chi connectivity index (χ3v) is 2.85. The van der Waals surface area contributed by atoms with E-state index in [2.05, 4.69) is 13.8 Å². The Hall–Kier alpha value is -1.02. The Morgan fingerprint density at radius 2 is 1.94 bits per heavy atom. The van der Waals surface area contributed by atoms with Gasteiger partial charge in [-0.05, 0) is 43.9 Å². The molecule has 1 aromatic rings. The van der Waals surface area contributed by atoms with Crippen LogP contribution in [0, 0.1) is 5.92 Å². The van der Waals surface area contributed by atoms with Crippen LogP contribution in [0.3, 0.4) is 0 Å². The zero-order chi connectivity index (χ0) is 12.8. The van der Waals surface area contributed by atoms with Crippen LogP contribution in [-0.4, -0.2) is 11.2 Å². The van der Waals surface area contributed by atoms with Gasteiger partial charge in [-0.1, -0.05) is 32.4 Å². The number of hydrogen-bond donors (Lipinski definition) is 1. The Balaban J connectivity index is 2.76. The van der Waals surface area contributed by atoms with E-state index in [1.165, 1.54) is 0 Å². The maximum Gasteiger partial charge on any atom is 0.120 e. The van der Waals surface area contributed by atoms with Gasteiger partial charge in [-0.25, -0.2) is 0 Å². The summed E-state index contributed by atoms with van der Waals surface area (Å²) >= 11 is 0. The number of aliphatic hydroxyl groups is 1. The van der Waals surface area contributed by atoms with Crippen molar-refractivity contribution in [3.05, 3.63) is 29.8 Å². The van der Waals surface area contributed by atoms with Crippen LogP contribution in [0.4, 0.5) is 0 Å². The van der Waals surface area contributed by atoms with Gasteiger partial charge in [0.2, 0.25) is 0 Å². The average molecular weight is 236 g/mol. The molecule has 2 atom stereocenters. The number of aliphatic hydroxyl groups excluding tert-OH is 1. The van der Waals surface area contributed by atoms with E-state index < -0.39 is 6.10 Å². The topological polar surface area (TPSA) is 29.5 Å². The third kappa shape index (κ3) is 4.39. The normalized spacial score (nSPS) is 14.7. The van der Waals surface area contributed by atoms with E-state index in [4.69, 9.17) is 4.74 Å². The zero-order valence-corrected chi connectivity index (χ0v) is 11.3. The molecule has 2 unspecified atom stereocenters. The average Bonchev–Trinajstić information content (AvgIpc) is 2.28. The number of hydrogen-bond acceptors (Lipinski definition) is 2. The maximum atomic E-state index is 10.2. The van der Waals surface area contributed by atoms with Crippen molar-refractivity contribution in [2.45, 2.75) is 52.7 Å². The molecular formula is C15H24O2. The smallest absolute Gasteiger partial charge is 0.120 e. The van der Waals surface area contributed by atoms with Gasteiger partial charge < -0.3 is 9.84 Å². The first-order valence-electron chi connectivity index (χ1n) is 6.49. The van der Waals surface area contributed by atoms with Gasteiger partial charge >= 0.3 is 0 Å². The van der Waals surface area contributed by atoms with Crippen LogP contribution < -0.4 is 4.74 Å². The molecule has 0 fully saturated rings. The van der Waals surface area contributed by atoms with Crippen molar-refractivity contribution >= 4 is 0 Å². The number of rotatable bonds is 6. The number of benzene rings is 1. The Kier molecular flexibility index (Phi) is 5.49. The monoisotopic (exact) mass is 236 g/mol. The quantitative estimate of drug-likeness (QED) is 0.810. The van der Waals surface area contributed by atoms with Crippen molar-refractivity contribution in [3.8, 4) is 5.75 Å². The Labute approximate surface area is 105 Å². The van der Waals surface area contributed by atoms with Gasteiger partial charge in [-0.15, -0.1) is 0 Å². The van der Waals surface area contributed by atoms with Gasteiger partial charge in [0.15, 0.2) is 0 Å². The second-order valence-electron chi connectivity index (χ2n) is 4.95. The lowest BCUT2D eigenvalue weighted by Gasteiger charge is -2.19. The minimum Gasteiger partial charge on any atom is -0.491 e. The minimum absolute atomic E-state index is 0.162. The van der Waals surface area contributed by atoms with E-state index >= 15 is 0 Å². The largest absolute Gasteiger partial charge is 0.491 e. The van der Waals surface area contributed by atoms with Crippen LogP contribution >= 0.6 is 0 Å². The Bertz CT molecular complexity index is 333. The second kappa shape index (κ2) is 6.65. The van der Waals surface area contributed by atoms with E-state index in [1.807, 2.05) is 38.1 Å². The first kappa shape index (κ1) is 14.0. The predicted octanol–water partition coefficient (Wildman–Crippen LogP) is 3.94. The van der Waals surface area contributed by atoms with E-state index in [1.54, 1.807) is 0 Å². The minimum atomic E-state index is -0.398. The summed E-state index contributed by atoms with van der Waals surface area (Å²) in [5.74, 6) is 1.12. The molecule has 0 aliphatic heterocycles. The summed E-state index contributed by atoms with van der Waals surface area (Å²) in [6, 6.07) is 7.77. The summed E-state index contributed by atoms with van der Waals surface area (Å²) in [7, 11) is 0. The van der Waals surface area contributed by atoms with Crippen molar-refractivity contribution in [3.63, 3.8) is 0 Å². The molecule has 0 saturated heterocycles. The summed E-state index contributed by atoms with van der Waals surface area (Å²) in [6.07, 6.45) is 1.90. The van der Waals surface area contributed by atoms with Gasteiger partial charge in [0.25, 0.3) is 0 Å². The lowest BCUT2D eigenvalue weighted by atomic mass is 9.93. The van der Waals surface area contributed by atoms with Gasteiger partial charge in [0.1, 0.15) is 5.75 Å². The lowest BCUT2D eigenvalue weighted by molar-refractivity contribution is 0.112. The molecule has 0 aliphatic rings. The molecule has 0 spiro atoms. The van der Waals surface area contributed by atoms with Crippen LogP contribution in [0.1, 0.15) is 52.2 Å². The van der Waals surface area contributed by atoms with Gasteiger partial charge in [-0.2, -0.15) is 0 Å². The van der Waals surface area contributed by atoms with Crippen molar-refractivity contribution in [1.82, 2.24) is 0 Å². The van der Waals surface area contributed by atoms with Crippen LogP contribution in [0.15, 0.2) is 24.3 Å². The zero-order valence-electron chi connectivity index (χ0n) is 11.3. The maximum absolute atomic E-state index is 10.2. The van der Waals surface area contributed by atoms with E-state index in [0.29, 0.717) is 0 Å². The van der Waals surface area contributed by atoms with Crippen molar-refractivity contribution in [2.75, 3.05) is 0 Å². The second-order valence-corrected chi connectivity index (χ2v) is 4.95. The molecule has 0 aliphatic carbocycles. The highest BCUT2D eigenvalue weighted by Gasteiger charge is 2.16. The Morgan fingerprint density at radius 3 is 2.53 bits per heavy atom. The van der Waals surface area contributed by atoms with Gasteiger partial charge in [-0.3, -0.25) is 0 Å². The summed E-state index contributed by atoms with van der Waals surface area (Å²) < 4.78 is 5.63. The summed E-state index contributed by atoms with van der Waals surface area (Å²) in [5.41, 5.74) is 0.948. The number of ether oxygens (including phenoxy) is 1. The highest BCUT2D eigenvalue weighted by Crippen LogP contribution is 2.27. The fourth-order valence-electron chi connectivity index (χ4n) is 1.99. The van der Waals surface area contributed by atoms with Crippen molar-refractivity contribution in [1.29, 1.82) is 0 Å². The highest BCUT2D eigenvalue weighted by molar-refractivity contribution is 5.30.